The molecule has 1 aromatic carbocycles. The van der Waals surface area contributed by atoms with Crippen LogP contribution in [0.2, 0.25) is 0 Å². The molecule has 68 valence electrons. The molecule has 0 bridgehead atoms. The summed E-state index contributed by atoms with van der Waals surface area (Å²) in [4.78, 5) is 3.24. The monoisotopic (exact) mass is 239 g/mol. The lowest BCUT2D eigenvalue weighted by molar-refractivity contribution is -0.671. The molecule has 3 heteroatoms. The van der Waals surface area contributed by atoms with Crippen LogP contribution in [0.3, 0.4) is 0 Å². The highest BCUT2D eigenvalue weighted by Gasteiger charge is 2.06. The van der Waals surface area contributed by atoms with Crippen molar-refractivity contribution >= 4 is 27.0 Å². The topological polar surface area (TPSA) is 19.7 Å². The number of aryl methyl sites for hydroxylation is 1. The highest BCUT2D eigenvalue weighted by molar-refractivity contribution is 9.09. The van der Waals surface area contributed by atoms with E-state index in [1.165, 1.54) is 11.0 Å². The van der Waals surface area contributed by atoms with Crippen LogP contribution < -0.4 is 4.57 Å². The second-order valence-corrected chi connectivity index (χ2v) is 3.82. The average molecular weight is 240 g/mol. The van der Waals surface area contributed by atoms with Crippen molar-refractivity contribution in [1.29, 1.82) is 0 Å². The molecule has 1 N–H and O–H groups in total. The van der Waals surface area contributed by atoms with Gasteiger partial charge in [0.2, 0.25) is 6.33 Å². The molecule has 0 unspecified atom stereocenters. The largest absolute Gasteiger partial charge is 0.243 e. The van der Waals surface area contributed by atoms with Crippen molar-refractivity contribution in [3.63, 3.8) is 0 Å². The normalized spacial score (nSPS) is 10.8. The lowest BCUT2D eigenvalue weighted by atomic mass is 10.3. The Morgan fingerprint density at radius 2 is 2.15 bits per heavy atom. The number of H-pyrrole nitrogens is 1. The summed E-state index contributed by atoms with van der Waals surface area (Å²) in [5, 5.41) is 1.06. The Bertz CT molecular complexity index is 394. The van der Waals surface area contributed by atoms with Crippen LogP contribution in [0.15, 0.2) is 30.6 Å². The molecular formula is C10H12BrN2+. The van der Waals surface area contributed by atoms with Gasteiger partial charge in [0, 0.05) is 5.33 Å². The molecule has 1 heterocycles. The fourth-order valence-electron chi connectivity index (χ4n) is 1.48. The molecule has 0 fully saturated rings. The number of hydrogen-bond donors (Lipinski definition) is 1. The van der Waals surface area contributed by atoms with Crippen molar-refractivity contribution in [2.75, 3.05) is 5.33 Å². The number of alkyl halides is 1. The second-order valence-electron chi connectivity index (χ2n) is 3.03. The molecule has 2 aromatic rings. The van der Waals surface area contributed by atoms with E-state index in [1.807, 2.05) is 12.4 Å². The van der Waals surface area contributed by atoms with E-state index in [4.69, 9.17) is 0 Å². The van der Waals surface area contributed by atoms with Gasteiger partial charge in [0.15, 0.2) is 11.0 Å². The summed E-state index contributed by atoms with van der Waals surface area (Å²) >= 11 is 3.44. The number of benzene rings is 1. The second kappa shape index (κ2) is 3.92. The molecule has 2 rings (SSSR count). The van der Waals surface area contributed by atoms with Gasteiger partial charge < -0.3 is 0 Å². The van der Waals surface area contributed by atoms with E-state index in [-0.39, 0.29) is 0 Å². The number of para-hydroxylation sites is 2. The maximum Gasteiger partial charge on any atom is 0.242 e. The zero-order valence-corrected chi connectivity index (χ0v) is 8.92. The van der Waals surface area contributed by atoms with E-state index in [1.54, 1.807) is 0 Å². The van der Waals surface area contributed by atoms with Crippen LogP contribution >= 0.6 is 15.9 Å². The van der Waals surface area contributed by atoms with Gasteiger partial charge >= 0.3 is 0 Å². The van der Waals surface area contributed by atoms with Crippen LogP contribution in [-0.2, 0) is 6.54 Å². The lowest BCUT2D eigenvalue weighted by Crippen LogP contribution is -2.31. The molecule has 13 heavy (non-hydrogen) atoms. The van der Waals surface area contributed by atoms with Crippen LogP contribution in [-0.4, -0.2) is 10.3 Å². The fraction of sp³-hybridized carbons (Fsp3) is 0.300. The molecule has 0 amide bonds. The quantitative estimate of drug-likeness (QED) is 0.627. The van der Waals surface area contributed by atoms with Gasteiger partial charge in [-0.15, -0.1) is 0 Å². The SMILES string of the molecule is BrCCC[n+]1c[nH]c2ccccc21. The van der Waals surface area contributed by atoms with E-state index in [0.717, 1.165) is 18.3 Å². The molecule has 0 aliphatic rings. The van der Waals surface area contributed by atoms with Crippen LogP contribution in [0.25, 0.3) is 11.0 Å². The summed E-state index contributed by atoms with van der Waals surface area (Å²) in [5.74, 6) is 0. The number of rotatable bonds is 3. The first-order valence-electron chi connectivity index (χ1n) is 4.43. The number of aromatic amines is 1. The summed E-state index contributed by atoms with van der Waals surface area (Å²) in [6.45, 7) is 1.06. The van der Waals surface area contributed by atoms with Gasteiger partial charge in [-0.1, -0.05) is 28.1 Å². The first kappa shape index (κ1) is 8.75. The van der Waals surface area contributed by atoms with Gasteiger partial charge in [-0.05, 0) is 18.6 Å². The minimum absolute atomic E-state index is 1.06. The summed E-state index contributed by atoms with van der Waals surface area (Å²) in [7, 11) is 0. The van der Waals surface area contributed by atoms with Gasteiger partial charge in [0.05, 0.1) is 6.54 Å². The smallest absolute Gasteiger partial charge is 0.242 e. The number of aromatic nitrogens is 2. The highest BCUT2D eigenvalue weighted by Crippen LogP contribution is 2.05. The van der Waals surface area contributed by atoms with Crippen molar-refractivity contribution < 1.29 is 4.57 Å². The zero-order chi connectivity index (χ0) is 9.10. The molecule has 2 nitrogen and oxygen atoms in total. The van der Waals surface area contributed by atoms with Crippen molar-refractivity contribution in [2.45, 2.75) is 13.0 Å². The Balaban J connectivity index is 2.35. The summed E-state index contributed by atoms with van der Waals surface area (Å²) in [5.41, 5.74) is 2.49. The number of halogens is 1. The molecule has 0 radical (unpaired) electrons. The van der Waals surface area contributed by atoms with E-state index < -0.39 is 0 Å². The molecule has 0 saturated heterocycles. The average Bonchev–Trinajstić information content (AvgIpc) is 2.58. The minimum atomic E-state index is 1.06. The fourth-order valence-corrected chi connectivity index (χ4v) is 1.73. The van der Waals surface area contributed by atoms with Gasteiger partial charge in [-0.2, -0.15) is 0 Å². The number of fused-ring (bicyclic) bond motifs is 1. The third kappa shape index (κ3) is 1.75. The molecule has 0 aliphatic heterocycles. The van der Waals surface area contributed by atoms with Crippen LogP contribution in [0.1, 0.15) is 6.42 Å². The first-order valence-corrected chi connectivity index (χ1v) is 5.55. The summed E-state index contributed by atoms with van der Waals surface area (Å²) in [6, 6.07) is 8.36. The predicted molar refractivity (Wildman–Crippen MR) is 56.9 cm³/mol. The van der Waals surface area contributed by atoms with Gasteiger partial charge in [0.25, 0.3) is 0 Å². The molecule has 0 aliphatic carbocycles. The molecular weight excluding hydrogens is 228 g/mol. The van der Waals surface area contributed by atoms with E-state index in [2.05, 4.69) is 43.7 Å². The van der Waals surface area contributed by atoms with Crippen molar-refractivity contribution in [3.8, 4) is 0 Å². The Morgan fingerprint density at radius 3 is 3.00 bits per heavy atom. The zero-order valence-electron chi connectivity index (χ0n) is 7.33. The Kier molecular flexibility index (Phi) is 2.64. The Morgan fingerprint density at radius 1 is 1.31 bits per heavy atom. The number of hydrogen-bond acceptors (Lipinski definition) is 0. The highest BCUT2D eigenvalue weighted by atomic mass is 79.9. The minimum Gasteiger partial charge on any atom is -0.243 e. The van der Waals surface area contributed by atoms with Crippen LogP contribution in [0.5, 0.6) is 0 Å². The van der Waals surface area contributed by atoms with E-state index in [0.29, 0.717) is 0 Å². The molecule has 0 spiro atoms. The van der Waals surface area contributed by atoms with Crippen molar-refractivity contribution in [3.05, 3.63) is 30.6 Å². The third-order valence-corrected chi connectivity index (χ3v) is 2.68. The number of nitrogens with one attached hydrogen (secondary N) is 1. The number of nitrogens with zero attached hydrogens (tertiary/aromatic N) is 1. The van der Waals surface area contributed by atoms with Crippen molar-refractivity contribution in [2.24, 2.45) is 0 Å². The standard InChI is InChI=1S/C10H11BrN2/c11-6-3-7-13-8-12-9-4-1-2-5-10(9)13/h1-2,4-5,8H,3,6-7H2/p+1. The van der Waals surface area contributed by atoms with E-state index in [9.17, 15) is 0 Å². The summed E-state index contributed by atoms with van der Waals surface area (Å²) < 4.78 is 2.25. The van der Waals surface area contributed by atoms with Gasteiger partial charge in [-0.3, -0.25) is 0 Å². The first-order chi connectivity index (χ1) is 6.42. The third-order valence-electron chi connectivity index (χ3n) is 2.12. The van der Waals surface area contributed by atoms with Gasteiger partial charge in [-0.25, -0.2) is 9.55 Å². The molecule has 0 saturated carbocycles. The molecule has 0 atom stereocenters. The van der Waals surface area contributed by atoms with Crippen molar-refractivity contribution in [1.82, 2.24) is 4.98 Å². The predicted octanol–water partition coefficient (Wildman–Crippen LogP) is 2.24. The van der Waals surface area contributed by atoms with E-state index >= 15 is 0 Å². The van der Waals surface area contributed by atoms with Crippen LogP contribution in [0.4, 0.5) is 0 Å². The van der Waals surface area contributed by atoms with Gasteiger partial charge in [0.1, 0.15) is 0 Å². The Labute approximate surface area is 85.7 Å². The molecule has 1 aromatic heterocycles. The number of imidazole rings is 1. The maximum atomic E-state index is 3.44. The maximum absolute atomic E-state index is 3.44. The lowest BCUT2D eigenvalue weighted by Gasteiger charge is -1.93. The van der Waals surface area contributed by atoms with Crippen LogP contribution in [0, 0.1) is 0 Å². The Hall–Kier alpha value is -0.830. The summed E-state index contributed by atoms with van der Waals surface area (Å²) in [6.07, 6.45) is 3.19.